The van der Waals surface area contributed by atoms with Crippen LogP contribution >= 0.6 is 0 Å². The maximum Gasteiger partial charge on any atom is 0.340 e. The number of aromatic carboxylic acids is 1. The van der Waals surface area contributed by atoms with E-state index in [-0.39, 0.29) is 42.1 Å². The minimum atomic E-state index is -1.47. The number of rotatable bonds is 14. The quantitative estimate of drug-likeness (QED) is 0.226. The fourth-order valence-electron chi connectivity index (χ4n) is 4.39. The highest BCUT2D eigenvalue weighted by Gasteiger charge is 2.47. The van der Waals surface area contributed by atoms with Gasteiger partial charge in [-0.15, -0.1) is 0 Å². The van der Waals surface area contributed by atoms with E-state index in [2.05, 4.69) is 0 Å². The molecular formula is C31H37FO10. The number of carbonyl (C=O) groups excluding carboxylic acids is 1. The van der Waals surface area contributed by atoms with Crippen molar-refractivity contribution in [1.29, 1.82) is 0 Å². The van der Waals surface area contributed by atoms with Gasteiger partial charge in [0, 0.05) is 13.2 Å². The van der Waals surface area contributed by atoms with Gasteiger partial charge in [-0.1, -0.05) is 30.4 Å². The van der Waals surface area contributed by atoms with Crippen molar-refractivity contribution in [2.75, 3.05) is 21.0 Å². The zero-order valence-corrected chi connectivity index (χ0v) is 24.2. The molecule has 0 saturated carbocycles. The summed E-state index contributed by atoms with van der Waals surface area (Å²) in [6.45, 7) is 4.65. The molecule has 0 spiro atoms. The van der Waals surface area contributed by atoms with Crippen LogP contribution in [0, 0.1) is 0 Å². The molecule has 0 bridgehead atoms. The fourth-order valence-corrected chi connectivity index (χ4v) is 4.39. The number of carboxylic acids is 1. The number of carboxylic acid groups (broad SMARTS) is 1. The van der Waals surface area contributed by atoms with Crippen LogP contribution in [0.4, 0.5) is 4.39 Å². The molecule has 1 aliphatic heterocycles. The molecule has 1 heterocycles. The average Bonchev–Trinajstić information content (AvgIpc) is 3.26. The minimum absolute atomic E-state index is 0.00591. The maximum atomic E-state index is 15.6. The summed E-state index contributed by atoms with van der Waals surface area (Å²) in [5.41, 5.74) is 0.412. The summed E-state index contributed by atoms with van der Waals surface area (Å²) in [6.07, 6.45) is 0.352. The van der Waals surface area contributed by atoms with E-state index in [4.69, 9.17) is 28.4 Å². The summed E-state index contributed by atoms with van der Waals surface area (Å²) in [6, 6.07) is 11.1. The lowest BCUT2D eigenvalue weighted by molar-refractivity contribution is -0.154. The monoisotopic (exact) mass is 588 g/mol. The molecule has 1 aliphatic rings. The molecule has 0 radical (unpaired) electrons. The molecule has 2 aromatic carbocycles. The summed E-state index contributed by atoms with van der Waals surface area (Å²) >= 11 is 0. The Morgan fingerprint density at radius 3 is 2.48 bits per heavy atom. The van der Waals surface area contributed by atoms with Crippen molar-refractivity contribution < 1.29 is 52.6 Å². The molecule has 11 heteroatoms. The SMILES string of the molecule is COCOc1cc(OC)cc(/C=C/C[C@@H]2OC(C)(C)OC2C(OC(=O)c2ccccc2)/C(F)=C\CC(C)O)c1C(=O)O. The van der Waals surface area contributed by atoms with Crippen molar-refractivity contribution in [3.8, 4) is 11.5 Å². The van der Waals surface area contributed by atoms with Gasteiger partial charge in [0.05, 0.1) is 24.9 Å². The van der Waals surface area contributed by atoms with Crippen molar-refractivity contribution in [1.82, 2.24) is 0 Å². The second-order valence-corrected chi connectivity index (χ2v) is 10.1. The third kappa shape index (κ3) is 8.86. The van der Waals surface area contributed by atoms with Gasteiger partial charge in [0.1, 0.15) is 29.0 Å². The van der Waals surface area contributed by atoms with Gasteiger partial charge in [0.15, 0.2) is 18.7 Å². The highest BCUT2D eigenvalue weighted by Crippen LogP contribution is 2.36. The molecule has 3 unspecified atom stereocenters. The van der Waals surface area contributed by atoms with Gasteiger partial charge in [0.25, 0.3) is 0 Å². The number of benzene rings is 2. The zero-order valence-electron chi connectivity index (χ0n) is 24.2. The van der Waals surface area contributed by atoms with E-state index in [1.54, 1.807) is 56.3 Å². The third-order valence-electron chi connectivity index (χ3n) is 6.24. The van der Waals surface area contributed by atoms with E-state index in [0.717, 1.165) is 6.08 Å². The molecule has 0 aliphatic carbocycles. The average molecular weight is 589 g/mol. The summed E-state index contributed by atoms with van der Waals surface area (Å²) in [4.78, 5) is 25.0. The van der Waals surface area contributed by atoms with Crippen LogP contribution in [0.5, 0.6) is 11.5 Å². The molecule has 1 saturated heterocycles. The standard InChI is InChI=1S/C31H37FO10/c1-19(33)14-15-23(32)27(40-30(36)20-10-7-6-8-11-20)28-24(41-31(2,3)42-28)13-9-12-21-16-22(38-5)17-25(39-18-37-4)26(21)29(34)35/h6-12,15-17,19,24,27-28,33H,13-14,18H2,1-5H3,(H,34,35)/b12-9+,23-15+/t19?,24-,27?,28?/m0/s1. The van der Waals surface area contributed by atoms with Crippen LogP contribution < -0.4 is 9.47 Å². The number of aliphatic hydroxyl groups excluding tert-OH is 1. The fraction of sp³-hybridized carbons (Fsp3) is 0.419. The van der Waals surface area contributed by atoms with Crippen LogP contribution in [0.1, 0.15) is 59.9 Å². The molecule has 0 amide bonds. The van der Waals surface area contributed by atoms with Crippen LogP contribution in [0.3, 0.4) is 0 Å². The Balaban J connectivity index is 1.93. The first-order chi connectivity index (χ1) is 20.0. The van der Waals surface area contributed by atoms with Gasteiger partial charge in [-0.3, -0.25) is 0 Å². The Morgan fingerprint density at radius 2 is 1.86 bits per heavy atom. The third-order valence-corrected chi connectivity index (χ3v) is 6.24. The Kier molecular flexibility index (Phi) is 11.6. The van der Waals surface area contributed by atoms with Crippen LogP contribution in [0.15, 0.2) is 60.4 Å². The number of methoxy groups -OCH3 is 2. The molecule has 0 aromatic heterocycles. The van der Waals surface area contributed by atoms with Gasteiger partial charge in [0.2, 0.25) is 0 Å². The number of carbonyl (C=O) groups is 2. The lowest BCUT2D eigenvalue weighted by Gasteiger charge is -2.25. The number of hydrogen-bond donors (Lipinski definition) is 2. The first kappa shape index (κ1) is 32.7. The first-order valence-corrected chi connectivity index (χ1v) is 13.3. The number of halogens is 1. The zero-order chi connectivity index (χ0) is 30.9. The minimum Gasteiger partial charge on any atom is -0.497 e. The second-order valence-electron chi connectivity index (χ2n) is 10.1. The van der Waals surface area contributed by atoms with Crippen molar-refractivity contribution in [2.45, 2.75) is 63.8 Å². The number of ether oxygens (including phenoxy) is 6. The number of hydrogen-bond acceptors (Lipinski definition) is 9. The van der Waals surface area contributed by atoms with Gasteiger partial charge in [-0.25, -0.2) is 14.0 Å². The smallest absolute Gasteiger partial charge is 0.340 e. The van der Waals surface area contributed by atoms with Crippen LogP contribution in [-0.2, 0) is 18.9 Å². The highest BCUT2D eigenvalue weighted by molar-refractivity contribution is 5.95. The van der Waals surface area contributed by atoms with Gasteiger partial charge in [-0.05, 0) is 63.5 Å². The van der Waals surface area contributed by atoms with Crippen LogP contribution in [0.2, 0.25) is 0 Å². The topological polar surface area (TPSA) is 130 Å². The molecule has 3 rings (SSSR count). The number of esters is 1. The van der Waals surface area contributed by atoms with Crippen LogP contribution in [0.25, 0.3) is 6.08 Å². The van der Waals surface area contributed by atoms with E-state index >= 15 is 4.39 Å². The summed E-state index contributed by atoms with van der Waals surface area (Å²) < 4.78 is 48.9. The Hall–Kier alpha value is -3.77. The van der Waals surface area contributed by atoms with Crippen molar-refractivity contribution in [2.24, 2.45) is 0 Å². The first-order valence-electron chi connectivity index (χ1n) is 13.3. The van der Waals surface area contributed by atoms with E-state index in [0.29, 0.717) is 5.75 Å². The van der Waals surface area contributed by atoms with Gasteiger partial charge >= 0.3 is 11.9 Å². The summed E-state index contributed by atoms with van der Waals surface area (Å²) in [7, 11) is 2.85. The van der Waals surface area contributed by atoms with Crippen LogP contribution in [-0.4, -0.2) is 73.4 Å². The predicted octanol–water partition coefficient (Wildman–Crippen LogP) is 5.15. The summed E-state index contributed by atoms with van der Waals surface area (Å²) in [5, 5.41) is 19.6. The Labute approximate surface area is 244 Å². The highest BCUT2D eigenvalue weighted by atomic mass is 19.1. The van der Waals surface area contributed by atoms with E-state index in [9.17, 15) is 19.8 Å². The van der Waals surface area contributed by atoms with Crippen molar-refractivity contribution in [3.05, 3.63) is 77.1 Å². The van der Waals surface area contributed by atoms with Gasteiger partial charge < -0.3 is 38.6 Å². The molecule has 10 nitrogen and oxygen atoms in total. The number of aliphatic hydroxyl groups is 1. The predicted molar refractivity (Wildman–Crippen MR) is 151 cm³/mol. The molecule has 228 valence electrons. The van der Waals surface area contributed by atoms with Crippen molar-refractivity contribution in [3.63, 3.8) is 0 Å². The Morgan fingerprint density at radius 1 is 1.14 bits per heavy atom. The van der Waals surface area contributed by atoms with E-state index < -0.39 is 48.0 Å². The molecular weight excluding hydrogens is 551 g/mol. The second kappa shape index (κ2) is 14.9. The van der Waals surface area contributed by atoms with E-state index in [1.807, 2.05) is 0 Å². The van der Waals surface area contributed by atoms with Crippen molar-refractivity contribution >= 4 is 18.0 Å². The largest absolute Gasteiger partial charge is 0.497 e. The molecule has 2 aromatic rings. The van der Waals surface area contributed by atoms with Gasteiger partial charge in [-0.2, -0.15) is 0 Å². The normalized spacial score (nSPS) is 19.8. The lowest BCUT2D eigenvalue weighted by atomic mass is 10.0. The molecule has 4 atom stereocenters. The molecule has 1 fully saturated rings. The molecule has 42 heavy (non-hydrogen) atoms. The maximum absolute atomic E-state index is 15.6. The van der Waals surface area contributed by atoms with E-state index in [1.165, 1.54) is 33.3 Å². The lowest BCUT2D eigenvalue weighted by Crippen LogP contribution is -2.39. The Bertz CT molecular complexity index is 1270. The molecule has 2 N–H and O–H groups in total. The summed E-state index contributed by atoms with van der Waals surface area (Å²) in [5.74, 6) is -3.49.